The van der Waals surface area contributed by atoms with Gasteiger partial charge in [0.2, 0.25) is 0 Å². The quantitative estimate of drug-likeness (QED) is 0.576. The molecule has 2 aliphatic carbocycles. The molecule has 0 radical (unpaired) electrons. The van der Waals surface area contributed by atoms with Crippen LogP contribution in [0.3, 0.4) is 0 Å². The van der Waals surface area contributed by atoms with Crippen LogP contribution in [-0.4, -0.2) is 0 Å². The van der Waals surface area contributed by atoms with Gasteiger partial charge in [0.1, 0.15) is 0 Å². The maximum atomic E-state index is 2.41. The van der Waals surface area contributed by atoms with E-state index in [1.807, 2.05) is 0 Å². The largest absolute Gasteiger partial charge is 1.00 e. The zero-order valence-electron chi connectivity index (χ0n) is 9.24. The van der Waals surface area contributed by atoms with Crippen molar-refractivity contribution in [3.63, 3.8) is 0 Å². The molecule has 0 saturated carbocycles. The predicted molar refractivity (Wildman–Crippen MR) is 60.1 cm³/mol. The van der Waals surface area contributed by atoms with E-state index in [9.17, 15) is 0 Å². The third-order valence-corrected chi connectivity index (χ3v) is 6.74. The van der Waals surface area contributed by atoms with E-state index in [4.69, 9.17) is 0 Å². The van der Waals surface area contributed by atoms with Crippen molar-refractivity contribution in [1.29, 1.82) is 0 Å². The Balaban J connectivity index is 0.000000722. The van der Waals surface area contributed by atoms with E-state index in [0.29, 0.717) is 0 Å². The minimum atomic E-state index is -0.427. The molecular weight excluding hydrogens is 297 g/mol. The summed E-state index contributed by atoms with van der Waals surface area (Å²) in [6.07, 6.45) is 12.8. The van der Waals surface area contributed by atoms with Crippen molar-refractivity contribution in [2.24, 2.45) is 0 Å². The maximum Gasteiger partial charge on any atom is -1.00 e. The summed E-state index contributed by atoms with van der Waals surface area (Å²) < 4.78 is 2.50. The van der Waals surface area contributed by atoms with E-state index < -0.39 is 23.2 Å². The Hall–Kier alpha value is -0.817. The van der Waals surface area contributed by atoms with E-state index >= 15 is 0 Å². The van der Waals surface area contributed by atoms with Crippen molar-refractivity contribution in [2.75, 3.05) is 0 Å². The molecule has 86 valence electrons. The van der Waals surface area contributed by atoms with Crippen LogP contribution in [-0.2, 0) is 23.2 Å². The molecule has 0 aliphatic heterocycles. The Morgan fingerprint density at radius 2 is 1.94 bits per heavy atom. The second-order valence-electron chi connectivity index (χ2n) is 3.93. The van der Waals surface area contributed by atoms with Crippen LogP contribution >= 0.6 is 0 Å². The fraction of sp³-hybridized carbons (Fsp3) is 0.143. The van der Waals surface area contributed by atoms with Crippen molar-refractivity contribution in [3.05, 3.63) is 63.0 Å². The molecule has 3 rings (SSSR count). The van der Waals surface area contributed by atoms with Gasteiger partial charge >= 0.3 is 102 Å². The molecule has 1 unspecified atom stereocenters. The van der Waals surface area contributed by atoms with Gasteiger partial charge in [-0.25, -0.2) is 0 Å². The summed E-state index contributed by atoms with van der Waals surface area (Å²) in [7, 11) is 0. The molecule has 2 aliphatic rings. The number of rotatable bonds is 2. The van der Waals surface area contributed by atoms with Crippen molar-refractivity contribution >= 4 is 6.08 Å². The SMILES string of the molecule is C1=CC[C]([Zr+2][CH]2C=Cc3ccccc32)=C1.[F-].[F-]. The van der Waals surface area contributed by atoms with Crippen molar-refractivity contribution < 1.29 is 32.6 Å². The van der Waals surface area contributed by atoms with E-state index in [1.165, 1.54) is 12.0 Å². The summed E-state index contributed by atoms with van der Waals surface area (Å²) in [5.41, 5.74) is 3.01. The minimum Gasteiger partial charge on any atom is -1.00 e. The molecule has 0 aromatic heterocycles. The first-order chi connectivity index (χ1) is 7.43. The van der Waals surface area contributed by atoms with E-state index in [2.05, 4.69) is 54.6 Å². The molecule has 0 spiro atoms. The van der Waals surface area contributed by atoms with Crippen LogP contribution in [0.4, 0.5) is 0 Å². The van der Waals surface area contributed by atoms with Gasteiger partial charge in [-0.1, -0.05) is 0 Å². The molecule has 0 saturated heterocycles. The summed E-state index contributed by atoms with van der Waals surface area (Å²) in [4.78, 5) is 0. The molecule has 3 heteroatoms. The zero-order valence-corrected chi connectivity index (χ0v) is 11.7. The van der Waals surface area contributed by atoms with Crippen molar-refractivity contribution in [2.45, 2.75) is 10.0 Å². The van der Waals surface area contributed by atoms with Gasteiger partial charge in [0.25, 0.3) is 0 Å². The Kier molecular flexibility index (Phi) is 5.20. The number of benzene rings is 1. The normalized spacial score (nSPS) is 18.8. The smallest absolute Gasteiger partial charge is 1.00 e. The van der Waals surface area contributed by atoms with Crippen LogP contribution in [0.15, 0.2) is 51.9 Å². The molecular formula is C14H12F2Zr. The van der Waals surface area contributed by atoms with Crippen molar-refractivity contribution in [3.8, 4) is 0 Å². The Labute approximate surface area is 111 Å². The van der Waals surface area contributed by atoms with Gasteiger partial charge in [-0.3, -0.25) is 0 Å². The predicted octanol–water partition coefficient (Wildman–Crippen LogP) is -2.31. The summed E-state index contributed by atoms with van der Waals surface area (Å²) in [5, 5.41) is 0. The van der Waals surface area contributed by atoms with Gasteiger partial charge in [-0.05, 0) is 0 Å². The molecule has 0 amide bonds. The Morgan fingerprint density at radius 1 is 1.12 bits per heavy atom. The van der Waals surface area contributed by atoms with E-state index in [1.54, 1.807) is 8.84 Å². The average molecular weight is 309 g/mol. The molecule has 0 heterocycles. The first-order valence-electron chi connectivity index (χ1n) is 5.33. The van der Waals surface area contributed by atoms with Crippen LogP contribution in [0.5, 0.6) is 0 Å². The standard InChI is InChI=1S/C9H7.C5H5.2FH.Zr/c1-2-5-9-7-3-6-8(9)4-1;1-2-4-5-3-1;;;/h1-7H;1-3H,4H2;2*1H;/q;;;;+2/p-2. The monoisotopic (exact) mass is 308 g/mol. The third kappa shape index (κ3) is 2.90. The van der Waals surface area contributed by atoms with Crippen LogP contribution in [0, 0.1) is 0 Å². The number of allylic oxidation sites excluding steroid dienone is 5. The number of hydrogen-bond acceptors (Lipinski definition) is 0. The third-order valence-electron chi connectivity index (χ3n) is 2.91. The molecule has 0 bridgehead atoms. The van der Waals surface area contributed by atoms with Crippen LogP contribution < -0.4 is 9.41 Å². The summed E-state index contributed by atoms with van der Waals surface area (Å²) in [5.74, 6) is 0. The van der Waals surface area contributed by atoms with Gasteiger partial charge in [0.15, 0.2) is 0 Å². The first kappa shape index (κ1) is 14.2. The molecule has 1 aromatic carbocycles. The second-order valence-corrected chi connectivity index (χ2v) is 7.75. The number of halogens is 2. The molecule has 0 N–H and O–H groups in total. The zero-order chi connectivity index (χ0) is 10.1. The van der Waals surface area contributed by atoms with Crippen LogP contribution in [0.1, 0.15) is 21.2 Å². The summed E-state index contributed by atoms with van der Waals surface area (Å²) in [6, 6.07) is 8.82. The second kappa shape index (κ2) is 6.21. The van der Waals surface area contributed by atoms with Gasteiger partial charge in [-0.15, -0.1) is 0 Å². The molecule has 17 heavy (non-hydrogen) atoms. The van der Waals surface area contributed by atoms with Crippen LogP contribution in [0.25, 0.3) is 6.08 Å². The molecule has 1 atom stereocenters. The minimum absolute atomic E-state index is 0. The number of fused-ring (bicyclic) bond motifs is 1. The van der Waals surface area contributed by atoms with E-state index in [-0.39, 0.29) is 9.41 Å². The molecule has 0 fully saturated rings. The average Bonchev–Trinajstić information content (AvgIpc) is 2.89. The van der Waals surface area contributed by atoms with E-state index in [0.717, 1.165) is 3.63 Å². The number of hydrogen-bond donors (Lipinski definition) is 0. The molecule has 0 nitrogen and oxygen atoms in total. The van der Waals surface area contributed by atoms with Gasteiger partial charge in [0, 0.05) is 0 Å². The Morgan fingerprint density at radius 3 is 2.71 bits per heavy atom. The molecule has 1 aromatic rings. The topological polar surface area (TPSA) is 0 Å². The first-order valence-corrected chi connectivity index (χ1v) is 7.98. The Bertz CT molecular complexity index is 475. The van der Waals surface area contributed by atoms with Gasteiger partial charge < -0.3 is 9.41 Å². The van der Waals surface area contributed by atoms with Crippen LogP contribution in [0.2, 0.25) is 0 Å². The van der Waals surface area contributed by atoms with Gasteiger partial charge in [0.05, 0.1) is 0 Å². The fourth-order valence-electron chi connectivity index (χ4n) is 2.13. The maximum absolute atomic E-state index is 2.41. The van der Waals surface area contributed by atoms with Crippen molar-refractivity contribution in [1.82, 2.24) is 0 Å². The summed E-state index contributed by atoms with van der Waals surface area (Å²) in [6.45, 7) is 0. The fourth-order valence-corrected chi connectivity index (χ4v) is 5.67. The van der Waals surface area contributed by atoms with Gasteiger partial charge in [-0.2, -0.15) is 0 Å². The summed E-state index contributed by atoms with van der Waals surface area (Å²) >= 11 is -0.427.